The predicted octanol–water partition coefficient (Wildman–Crippen LogP) is -0.529. The Bertz CT molecular complexity index is 684. The normalized spacial score (nSPS) is 24.2. The van der Waals surface area contributed by atoms with Gasteiger partial charge in [-0.2, -0.15) is 4.31 Å². The number of aromatic nitrogens is 1. The van der Waals surface area contributed by atoms with E-state index in [-0.39, 0.29) is 28.8 Å². The molecule has 1 unspecified atom stereocenters. The van der Waals surface area contributed by atoms with Gasteiger partial charge in [-0.15, -0.1) is 0 Å². The third kappa shape index (κ3) is 2.72. The Balaban J connectivity index is 2.39. The monoisotopic (exact) mass is 305 g/mol. The summed E-state index contributed by atoms with van der Waals surface area (Å²) in [4.78, 5) is 3.79. The van der Waals surface area contributed by atoms with Crippen LogP contribution < -0.4 is 5.73 Å². The molecule has 106 valence electrons. The van der Waals surface area contributed by atoms with Crippen LogP contribution in [0.4, 0.5) is 5.69 Å². The van der Waals surface area contributed by atoms with E-state index in [9.17, 15) is 16.8 Å². The second-order valence-electron chi connectivity index (χ2n) is 4.48. The highest BCUT2D eigenvalue weighted by molar-refractivity contribution is 7.92. The van der Waals surface area contributed by atoms with Crippen molar-refractivity contribution in [2.24, 2.45) is 0 Å². The van der Waals surface area contributed by atoms with Gasteiger partial charge in [-0.25, -0.2) is 21.8 Å². The first-order chi connectivity index (χ1) is 8.74. The van der Waals surface area contributed by atoms with E-state index < -0.39 is 25.9 Å². The van der Waals surface area contributed by atoms with Crippen LogP contribution in [0.15, 0.2) is 23.4 Å². The Hall–Kier alpha value is -1.19. The number of nitrogens with zero attached hydrogens (tertiary/aromatic N) is 2. The molecule has 1 atom stereocenters. The highest BCUT2D eigenvalue weighted by Crippen LogP contribution is 2.24. The molecule has 0 radical (unpaired) electrons. The zero-order chi connectivity index (χ0) is 14.3. The molecule has 1 aromatic heterocycles. The molecular formula is C10H15N3O4S2. The summed E-state index contributed by atoms with van der Waals surface area (Å²) in [6.07, 6.45) is 1.34. The summed E-state index contributed by atoms with van der Waals surface area (Å²) in [5.74, 6) is -0.359. The zero-order valence-corrected chi connectivity index (χ0v) is 12.0. The van der Waals surface area contributed by atoms with Crippen molar-refractivity contribution >= 4 is 25.5 Å². The molecular weight excluding hydrogens is 290 g/mol. The van der Waals surface area contributed by atoms with Crippen molar-refractivity contribution in [3.63, 3.8) is 0 Å². The maximum absolute atomic E-state index is 12.4. The van der Waals surface area contributed by atoms with E-state index in [1.54, 1.807) is 13.0 Å². The maximum atomic E-state index is 12.4. The van der Waals surface area contributed by atoms with Crippen molar-refractivity contribution in [2.75, 3.05) is 23.8 Å². The van der Waals surface area contributed by atoms with Crippen molar-refractivity contribution in [3.8, 4) is 0 Å². The van der Waals surface area contributed by atoms with Crippen LogP contribution in [-0.4, -0.2) is 50.2 Å². The first kappa shape index (κ1) is 14.2. The molecule has 0 amide bonds. The molecule has 1 fully saturated rings. The predicted molar refractivity (Wildman–Crippen MR) is 70.7 cm³/mol. The smallest absolute Gasteiger partial charge is 0.262 e. The van der Waals surface area contributed by atoms with Gasteiger partial charge in [0, 0.05) is 18.8 Å². The van der Waals surface area contributed by atoms with Gasteiger partial charge in [0.15, 0.2) is 14.9 Å². The second-order valence-corrected chi connectivity index (χ2v) is 8.51. The lowest BCUT2D eigenvalue weighted by molar-refractivity contribution is 0.355. The van der Waals surface area contributed by atoms with Gasteiger partial charge < -0.3 is 5.73 Å². The van der Waals surface area contributed by atoms with E-state index in [1.165, 1.54) is 12.3 Å². The summed E-state index contributed by atoms with van der Waals surface area (Å²) in [6.45, 7) is 1.50. The second kappa shape index (κ2) is 4.73. The van der Waals surface area contributed by atoms with Crippen molar-refractivity contribution < 1.29 is 16.8 Å². The van der Waals surface area contributed by atoms with E-state index in [2.05, 4.69) is 4.98 Å². The molecule has 7 nitrogen and oxygen atoms in total. The Morgan fingerprint density at radius 2 is 2.16 bits per heavy atom. The van der Waals surface area contributed by atoms with Crippen molar-refractivity contribution in [3.05, 3.63) is 18.3 Å². The highest BCUT2D eigenvalue weighted by atomic mass is 32.2. The molecule has 2 N–H and O–H groups in total. The molecule has 0 saturated carbocycles. The summed E-state index contributed by atoms with van der Waals surface area (Å²) < 4.78 is 48.9. The van der Waals surface area contributed by atoms with Gasteiger partial charge in [-0.3, -0.25) is 0 Å². The van der Waals surface area contributed by atoms with Crippen LogP contribution in [0.1, 0.15) is 6.92 Å². The standard InChI is InChI=1S/C10H15N3O4S2/c1-8-7-18(14,15)6-5-13(8)19(16,17)10-9(11)3-2-4-12-10/h2-4,8H,5-7,11H2,1H3. The lowest BCUT2D eigenvalue weighted by Gasteiger charge is -2.31. The largest absolute Gasteiger partial charge is 0.396 e. The third-order valence-corrected chi connectivity index (χ3v) is 6.75. The number of nitrogens with two attached hydrogens (primary N) is 1. The minimum atomic E-state index is -3.86. The molecule has 2 rings (SSSR count). The number of sulfonamides is 1. The molecule has 1 saturated heterocycles. The molecule has 0 spiro atoms. The number of rotatable bonds is 2. The minimum absolute atomic E-state index is 0.0585. The van der Waals surface area contributed by atoms with Crippen LogP contribution in [0.5, 0.6) is 0 Å². The van der Waals surface area contributed by atoms with E-state index in [4.69, 9.17) is 5.73 Å². The molecule has 2 heterocycles. The summed E-state index contributed by atoms with van der Waals surface area (Å²) in [7, 11) is -7.03. The van der Waals surface area contributed by atoms with E-state index >= 15 is 0 Å². The van der Waals surface area contributed by atoms with E-state index in [0.717, 1.165) is 4.31 Å². The fourth-order valence-corrected chi connectivity index (χ4v) is 5.50. The Morgan fingerprint density at radius 1 is 1.47 bits per heavy atom. The first-order valence-corrected chi connectivity index (χ1v) is 8.93. The van der Waals surface area contributed by atoms with E-state index in [1.807, 2.05) is 0 Å². The van der Waals surface area contributed by atoms with Crippen LogP contribution in [0.2, 0.25) is 0 Å². The van der Waals surface area contributed by atoms with E-state index in [0.29, 0.717) is 0 Å². The van der Waals surface area contributed by atoms with Crippen LogP contribution in [0.25, 0.3) is 0 Å². The summed E-state index contributed by atoms with van der Waals surface area (Å²) in [6, 6.07) is 2.37. The van der Waals surface area contributed by atoms with Crippen LogP contribution >= 0.6 is 0 Å². The summed E-state index contributed by atoms with van der Waals surface area (Å²) >= 11 is 0. The lowest BCUT2D eigenvalue weighted by Crippen LogP contribution is -2.49. The SMILES string of the molecule is CC1CS(=O)(=O)CCN1S(=O)(=O)c1ncccc1N. The molecule has 9 heteroatoms. The van der Waals surface area contributed by atoms with Crippen LogP contribution in [0, 0.1) is 0 Å². The van der Waals surface area contributed by atoms with Gasteiger partial charge in [-0.1, -0.05) is 0 Å². The van der Waals surface area contributed by atoms with Gasteiger partial charge in [0.25, 0.3) is 10.0 Å². The fourth-order valence-electron chi connectivity index (χ4n) is 2.07. The average molecular weight is 305 g/mol. The number of hydrogen-bond acceptors (Lipinski definition) is 6. The average Bonchev–Trinajstić information content (AvgIpc) is 2.27. The van der Waals surface area contributed by atoms with Crippen LogP contribution in [0.3, 0.4) is 0 Å². The zero-order valence-electron chi connectivity index (χ0n) is 10.4. The number of nitrogen functional groups attached to an aromatic ring is 1. The van der Waals surface area contributed by atoms with Crippen molar-refractivity contribution in [2.45, 2.75) is 18.0 Å². The van der Waals surface area contributed by atoms with Crippen molar-refractivity contribution in [1.82, 2.24) is 9.29 Å². The minimum Gasteiger partial charge on any atom is -0.396 e. The van der Waals surface area contributed by atoms with Gasteiger partial charge >= 0.3 is 0 Å². The number of sulfone groups is 1. The third-order valence-electron chi connectivity index (χ3n) is 2.96. The quantitative estimate of drug-likeness (QED) is 0.786. The van der Waals surface area contributed by atoms with Crippen molar-refractivity contribution in [1.29, 1.82) is 0 Å². The maximum Gasteiger partial charge on any atom is 0.262 e. The topological polar surface area (TPSA) is 110 Å². The fraction of sp³-hybridized carbons (Fsp3) is 0.500. The molecule has 1 aliphatic heterocycles. The molecule has 0 aliphatic carbocycles. The summed E-state index contributed by atoms with van der Waals surface area (Å²) in [5.41, 5.74) is 5.68. The number of pyridine rings is 1. The van der Waals surface area contributed by atoms with Gasteiger partial charge in [0.05, 0.1) is 17.2 Å². The first-order valence-electron chi connectivity index (χ1n) is 5.67. The van der Waals surface area contributed by atoms with Gasteiger partial charge in [0.2, 0.25) is 0 Å². The van der Waals surface area contributed by atoms with Crippen LogP contribution in [-0.2, 0) is 19.9 Å². The molecule has 1 aromatic rings. The Kier molecular flexibility index (Phi) is 3.54. The molecule has 1 aliphatic rings. The summed E-state index contributed by atoms with van der Waals surface area (Å²) in [5, 5.41) is -0.221. The Morgan fingerprint density at radius 3 is 2.74 bits per heavy atom. The number of hydrogen-bond donors (Lipinski definition) is 1. The van der Waals surface area contributed by atoms with Gasteiger partial charge in [0.1, 0.15) is 0 Å². The highest BCUT2D eigenvalue weighted by Gasteiger charge is 2.37. The Labute approximate surface area is 112 Å². The molecule has 19 heavy (non-hydrogen) atoms. The molecule has 0 aromatic carbocycles. The number of anilines is 1. The molecule has 0 bridgehead atoms. The lowest BCUT2D eigenvalue weighted by atomic mass is 10.4. The van der Waals surface area contributed by atoms with Gasteiger partial charge in [-0.05, 0) is 19.1 Å².